The molecule has 0 fully saturated rings. The molecule has 272 valence electrons. The maximum absolute atomic E-state index is 12.1. The Hall–Kier alpha value is -6.08. The molecule has 8 rings (SSSR count). The molecule has 8 aromatic rings. The summed E-state index contributed by atoms with van der Waals surface area (Å²) < 4.78 is 1.03. The molecule has 6 N–H and O–H groups in total. The lowest BCUT2D eigenvalue weighted by Crippen LogP contribution is -2.19. The zero-order valence-electron chi connectivity index (χ0n) is 28.8. The van der Waals surface area contributed by atoms with Crippen molar-refractivity contribution in [2.24, 2.45) is 0 Å². The molecule has 0 unspecified atom stereocenters. The Balaban J connectivity index is 0.000000167. The number of aromatic nitrogens is 6. The van der Waals surface area contributed by atoms with Gasteiger partial charge in [-0.1, -0.05) is 46.9 Å². The normalized spacial score (nSPS) is 10.7. The van der Waals surface area contributed by atoms with Gasteiger partial charge in [-0.15, -0.1) is 22.7 Å². The van der Waals surface area contributed by atoms with Gasteiger partial charge in [-0.05, 0) is 72.1 Å². The number of anilines is 6. The van der Waals surface area contributed by atoms with Crippen LogP contribution in [-0.4, -0.2) is 42.0 Å². The van der Waals surface area contributed by atoms with Crippen molar-refractivity contribution in [1.29, 1.82) is 0 Å². The molecule has 18 heteroatoms. The number of aryl methyl sites for hydroxylation is 2. The minimum atomic E-state index is -0.315. The number of thiazole rings is 2. The van der Waals surface area contributed by atoms with Crippen molar-refractivity contribution in [2.45, 2.75) is 26.9 Å². The summed E-state index contributed by atoms with van der Waals surface area (Å²) >= 11 is 6.01. The number of hydrogen-bond donors (Lipinski definition) is 6. The number of carbonyl (C=O) groups excluding carboxylic acids is 2. The lowest BCUT2D eigenvalue weighted by molar-refractivity contribution is 0.261. The maximum Gasteiger partial charge on any atom is 0.325 e. The van der Waals surface area contributed by atoms with Gasteiger partial charge in [0.1, 0.15) is 29.1 Å². The topological polar surface area (TPSA) is 184 Å². The summed E-state index contributed by atoms with van der Waals surface area (Å²) in [6.07, 6.45) is 6.59. The molecule has 0 aliphatic heterocycles. The number of amides is 4. The fourth-order valence-electron chi connectivity index (χ4n) is 5.05. The highest BCUT2D eigenvalue weighted by Crippen LogP contribution is 2.27. The van der Waals surface area contributed by atoms with Crippen LogP contribution in [0.1, 0.15) is 20.9 Å². The van der Waals surface area contributed by atoms with Crippen molar-refractivity contribution in [3.8, 4) is 0 Å². The Morgan fingerprint density at radius 1 is 0.611 bits per heavy atom. The second-order valence-electron chi connectivity index (χ2n) is 11.6. The third-order valence-electron chi connectivity index (χ3n) is 7.46. The third kappa shape index (κ3) is 9.66. The lowest BCUT2D eigenvalue weighted by Gasteiger charge is -2.06. The molecule has 0 spiro atoms. The Kier molecular flexibility index (Phi) is 11.5. The SMILES string of the molecule is Cc1cccc(NC(=O)Nc2ncc(CNc3ncnc4ccsc34)s2)c1.Cc1cccc(NC(=O)Nc2ncc(CNc3ncnc4sccc34)s2)c1. The molecule has 0 aliphatic rings. The maximum atomic E-state index is 12.1. The summed E-state index contributed by atoms with van der Waals surface area (Å²) in [5.74, 6) is 1.59. The van der Waals surface area contributed by atoms with Gasteiger partial charge < -0.3 is 21.3 Å². The van der Waals surface area contributed by atoms with E-state index in [-0.39, 0.29) is 12.1 Å². The van der Waals surface area contributed by atoms with E-state index in [1.807, 2.05) is 85.3 Å². The molecule has 14 nitrogen and oxygen atoms in total. The van der Waals surface area contributed by atoms with Gasteiger partial charge in [0.2, 0.25) is 0 Å². The number of nitrogens with one attached hydrogen (secondary N) is 6. The molecule has 0 saturated heterocycles. The van der Waals surface area contributed by atoms with E-state index in [1.165, 1.54) is 22.7 Å². The van der Waals surface area contributed by atoms with Crippen molar-refractivity contribution in [3.63, 3.8) is 0 Å². The van der Waals surface area contributed by atoms with Crippen molar-refractivity contribution < 1.29 is 9.59 Å². The second kappa shape index (κ2) is 17.2. The number of hydrogen-bond acceptors (Lipinski definition) is 14. The van der Waals surface area contributed by atoms with Crippen LogP contribution in [0.5, 0.6) is 0 Å². The molecule has 0 radical (unpaired) electrons. The molecule has 54 heavy (non-hydrogen) atoms. The van der Waals surface area contributed by atoms with E-state index in [0.717, 1.165) is 64.3 Å². The fraction of sp³-hybridized carbons (Fsp3) is 0.111. The number of carbonyl (C=O) groups is 2. The molecule has 0 atom stereocenters. The number of urea groups is 2. The van der Waals surface area contributed by atoms with Gasteiger partial charge >= 0.3 is 12.1 Å². The molecule has 0 bridgehead atoms. The summed E-state index contributed by atoms with van der Waals surface area (Å²) in [5, 5.41) is 23.8. The first kappa shape index (κ1) is 36.3. The van der Waals surface area contributed by atoms with Gasteiger partial charge in [-0.25, -0.2) is 39.5 Å². The Morgan fingerprint density at radius 2 is 1.19 bits per heavy atom. The quantitative estimate of drug-likeness (QED) is 0.0780. The second-order valence-corrected chi connectivity index (χ2v) is 15.6. The van der Waals surface area contributed by atoms with Crippen LogP contribution < -0.4 is 31.9 Å². The van der Waals surface area contributed by atoms with Crippen LogP contribution in [0.2, 0.25) is 0 Å². The summed E-state index contributed by atoms with van der Waals surface area (Å²) in [7, 11) is 0. The average molecular weight is 793 g/mol. The van der Waals surface area contributed by atoms with Crippen LogP contribution in [0.15, 0.2) is 96.5 Å². The number of benzene rings is 2. The van der Waals surface area contributed by atoms with Crippen LogP contribution in [0, 0.1) is 13.8 Å². The monoisotopic (exact) mass is 792 g/mol. The number of rotatable bonds is 10. The zero-order chi connectivity index (χ0) is 37.3. The summed E-state index contributed by atoms with van der Waals surface area (Å²) in [6.45, 7) is 5.10. The molecule has 6 heterocycles. The first-order valence-corrected chi connectivity index (χ1v) is 19.8. The van der Waals surface area contributed by atoms with Crippen LogP contribution in [0.25, 0.3) is 20.4 Å². The highest BCUT2D eigenvalue weighted by molar-refractivity contribution is 7.18. The van der Waals surface area contributed by atoms with E-state index >= 15 is 0 Å². The van der Waals surface area contributed by atoms with Gasteiger partial charge in [0.15, 0.2) is 10.3 Å². The smallest absolute Gasteiger partial charge is 0.325 e. The molecular weight excluding hydrogens is 761 g/mol. The van der Waals surface area contributed by atoms with E-state index in [9.17, 15) is 9.59 Å². The highest BCUT2D eigenvalue weighted by atomic mass is 32.1. The average Bonchev–Trinajstić information content (AvgIpc) is 3.98. The minimum Gasteiger partial charge on any atom is -0.364 e. The van der Waals surface area contributed by atoms with Gasteiger partial charge in [0.05, 0.1) is 28.7 Å². The van der Waals surface area contributed by atoms with E-state index in [0.29, 0.717) is 23.4 Å². The first-order chi connectivity index (χ1) is 26.3. The number of nitrogens with zero attached hydrogens (tertiary/aromatic N) is 6. The molecule has 0 aliphatic carbocycles. The Morgan fingerprint density at radius 3 is 1.81 bits per heavy atom. The van der Waals surface area contributed by atoms with Gasteiger partial charge in [0, 0.05) is 33.5 Å². The van der Waals surface area contributed by atoms with E-state index in [4.69, 9.17) is 0 Å². The van der Waals surface area contributed by atoms with Crippen molar-refractivity contribution in [1.82, 2.24) is 29.9 Å². The molecule has 6 aromatic heterocycles. The highest BCUT2D eigenvalue weighted by Gasteiger charge is 2.11. The zero-order valence-corrected chi connectivity index (χ0v) is 32.1. The molecule has 4 amide bonds. The summed E-state index contributed by atoms with van der Waals surface area (Å²) in [5.41, 5.74) is 4.58. The first-order valence-electron chi connectivity index (χ1n) is 16.4. The fourth-order valence-corrected chi connectivity index (χ4v) is 8.08. The van der Waals surface area contributed by atoms with Gasteiger partial charge in [0.25, 0.3) is 0 Å². The Bertz CT molecular complexity index is 2350. The van der Waals surface area contributed by atoms with Crippen molar-refractivity contribution in [2.75, 3.05) is 31.9 Å². The predicted octanol–water partition coefficient (Wildman–Crippen LogP) is 9.42. The Labute approximate surface area is 325 Å². The number of thiophene rings is 2. The van der Waals surface area contributed by atoms with Crippen LogP contribution in [-0.2, 0) is 13.1 Å². The van der Waals surface area contributed by atoms with E-state index < -0.39 is 0 Å². The minimum absolute atomic E-state index is 0.314. The molecular formula is C36H32N12O2S4. The largest absolute Gasteiger partial charge is 0.364 e. The van der Waals surface area contributed by atoms with Crippen molar-refractivity contribution in [3.05, 3.63) is 117 Å². The van der Waals surface area contributed by atoms with Crippen LogP contribution in [0.3, 0.4) is 0 Å². The summed E-state index contributed by atoms with van der Waals surface area (Å²) in [4.78, 5) is 52.7. The van der Waals surface area contributed by atoms with Gasteiger partial charge in [-0.2, -0.15) is 0 Å². The summed E-state index contributed by atoms with van der Waals surface area (Å²) in [6, 6.07) is 18.6. The van der Waals surface area contributed by atoms with Crippen LogP contribution in [0.4, 0.5) is 42.9 Å². The molecule has 0 saturated carbocycles. The van der Waals surface area contributed by atoms with Crippen LogP contribution >= 0.6 is 45.3 Å². The van der Waals surface area contributed by atoms with Crippen molar-refractivity contribution >= 4 is 111 Å². The third-order valence-corrected chi connectivity index (χ3v) is 11.0. The van der Waals surface area contributed by atoms with E-state index in [1.54, 1.807) is 47.7 Å². The van der Waals surface area contributed by atoms with E-state index in [2.05, 4.69) is 61.8 Å². The van der Waals surface area contributed by atoms with Gasteiger partial charge in [-0.3, -0.25) is 10.6 Å². The number of fused-ring (bicyclic) bond motifs is 2. The standard InChI is InChI=1S/2C18H16N6OS2/c1-11-3-2-4-12(7-11)23-17(25)24-18-20-9-13(27-18)8-19-16-15-14(5-6-26-15)21-10-22-16;1-11-3-2-4-12(7-11)23-17(25)24-18-20-9-13(27-18)8-19-15-14-5-6-26-16(14)22-10-21-15/h2*2-7,9-10H,8H2,1H3,(H,19,21,22)(H2,20,23,24,25). The lowest BCUT2D eigenvalue weighted by atomic mass is 10.2. The molecule has 2 aromatic carbocycles. The predicted molar refractivity (Wildman–Crippen MR) is 221 cm³/mol.